The summed E-state index contributed by atoms with van der Waals surface area (Å²) in [7, 11) is 0. The molecule has 3 amide bonds. The van der Waals surface area contributed by atoms with Crippen LogP contribution in [0.5, 0.6) is 0 Å². The van der Waals surface area contributed by atoms with Gasteiger partial charge in [0.15, 0.2) is 24.2 Å². The maximum absolute atomic E-state index is 12.8. The fourth-order valence-corrected chi connectivity index (χ4v) is 11.7. The predicted octanol–water partition coefficient (Wildman–Crippen LogP) is 16.0. The summed E-state index contributed by atoms with van der Waals surface area (Å²) in [6.07, 6.45) is -7.48. The SMILES string of the molecule is CC(O)C(NC(=O)OC(C)(C)C)C(=O)O.CCOC(=O)C(N)C(C)OC(=O)Cc1ccccc1Nc1c(Cl)cccc1Cl.CCOC(=O)C(NC(=O)OC(C)(C)C)C(C)O.CCOC(=O)C(NC(=O)OC(C)(C)C)C(C)OC(=O)Cc1ccccc1Nc1c(Cl)cccc1Cl.CCOC(=O)C(NC=S)C(C)OC(=O)Cc1ccccc1Nc1c(Cl)cccc1Cl.Cl. The topological polar surface area (TPSA) is 451 Å². The van der Waals surface area contributed by atoms with Gasteiger partial charge in [-0.1, -0.05) is 155 Å². The molecule has 12 N–H and O–H groups in total. The highest BCUT2D eigenvalue weighted by Crippen LogP contribution is 2.37. The van der Waals surface area contributed by atoms with Crippen molar-refractivity contribution in [1.82, 2.24) is 21.3 Å². The minimum Gasteiger partial charge on any atom is -0.480 e. The number of aliphatic carboxylic acids is 1. The highest BCUT2D eigenvalue weighted by atomic mass is 35.5. The molecule has 696 valence electrons. The Labute approximate surface area is 775 Å². The number of thiocarbonyl (C=S) groups is 1. The molecule has 6 rings (SSSR count). The van der Waals surface area contributed by atoms with Crippen molar-refractivity contribution in [3.8, 4) is 0 Å². The monoisotopic (exact) mass is 1920 g/mol. The number of carbonyl (C=O) groups excluding carboxylic acids is 10. The molecule has 0 aliphatic heterocycles. The summed E-state index contributed by atoms with van der Waals surface area (Å²) in [4.78, 5) is 131. The van der Waals surface area contributed by atoms with E-state index in [0.717, 1.165) is 0 Å². The molecule has 0 spiro atoms. The molecular formula is C86H113Cl7N8O24S. The average Bonchev–Trinajstić information content (AvgIpc) is 0.823. The number of hydrogen-bond acceptors (Lipinski definition) is 28. The minimum atomic E-state index is -1.36. The summed E-state index contributed by atoms with van der Waals surface area (Å²) in [5, 5.41) is 48.7. The molecule has 0 heterocycles. The van der Waals surface area contributed by atoms with Gasteiger partial charge in [0.05, 0.1) is 111 Å². The number of aliphatic hydroxyl groups is 2. The number of rotatable bonds is 34. The summed E-state index contributed by atoms with van der Waals surface area (Å²) in [6, 6.07) is 31.3. The van der Waals surface area contributed by atoms with Crippen LogP contribution in [-0.2, 0) is 105 Å². The quantitative estimate of drug-likeness (QED) is 0.0102. The van der Waals surface area contributed by atoms with Crippen LogP contribution < -0.4 is 43.0 Å². The largest absolute Gasteiger partial charge is 0.480 e. The normalized spacial score (nSPS) is 13.1. The predicted molar refractivity (Wildman–Crippen MR) is 489 cm³/mol. The second kappa shape index (κ2) is 57.0. The fraction of sp³-hybridized carbons (Fsp3) is 0.442. The average molecular weight is 1920 g/mol. The number of alkyl carbamates (subject to hydrolysis) is 3. The van der Waals surface area contributed by atoms with E-state index in [9.17, 15) is 57.8 Å². The molecule has 6 aromatic rings. The van der Waals surface area contributed by atoms with E-state index in [1.165, 1.54) is 26.3 Å². The van der Waals surface area contributed by atoms with Gasteiger partial charge in [0.25, 0.3) is 0 Å². The first kappa shape index (κ1) is 114. The third kappa shape index (κ3) is 43.5. The van der Waals surface area contributed by atoms with E-state index < -0.39 is 144 Å². The highest BCUT2D eigenvalue weighted by molar-refractivity contribution is 7.78. The Morgan fingerprint density at radius 2 is 0.643 bits per heavy atom. The number of esters is 7. The lowest BCUT2D eigenvalue weighted by molar-refractivity contribution is -0.158. The number of nitrogens with two attached hydrogens (primary N) is 1. The molecule has 32 nitrogen and oxygen atoms in total. The summed E-state index contributed by atoms with van der Waals surface area (Å²) >= 11 is 42.1. The number of carboxylic acids is 1. The van der Waals surface area contributed by atoms with Gasteiger partial charge in [0.2, 0.25) is 0 Å². The zero-order valence-corrected chi connectivity index (χ0v) is 79.2. The molecule has 10 atom stereocenters. The fourth-order valence-electron chi connectivity index (χ4n) is 10.1. The van der Waals surface area contributed by atoms with Crippen LogP contribution in [0, 0.1) is 0 Å². The van der Waals surface area contributed by atoms with Crippen molar-refractivity contribution in [3.63, 3.8) is 0 Å². The van der Waals surface area contributed by atoms with E-state index in [0.29, 0.717) is 81.0 Å². The molecule has 0 fully saturated rings. The number of halogens is 7. The number of ether oxygens (including phenoxy) is 10. The van der Waals surface area contributed by atoms with Gasteiger partial charge in [-0.05, 0) is 196 Å². The summed E-state index contributed by atoms with van der Waals surface area (Å²) in [5.41, 5.74) is 10.3. The van der Waals surface area contributed by atoms with E-state index in [4.69, 9.17) is 145 Å². The van der Waals surface area contributed by atoms with Crippen LogP contribution in [0.15, 0.2) is 127 Å². The van der Waals surface area contributed by atoms with E-state index in [1.54, 1.807) is 219 Å². The first-order chi connectivity index (χ1) is 58.4. The Morgan fingerprint density at radius 3 is 0.921 bits per heavy atom. The van der Waals surface area contributed by atoms with E-state index in [-0.39, 0.29) is 58.1 Å². The van der Waals surface area contributed by atoms with Crippen molar-refractivity contribution >= 4 is 200 Å². The highest BCUT2D eigenvalue weighted by Gasteiger charge is 2.35. The van der Waals surface area contributed by atoms with Crippen LogP contribution in [-0.4, -0.2) is 191 Å². The third-order valence-corrected chi connectivity index (χ3v) is 17.8. The van der Waals surface area contributed by atoms with Gasteiger partial charge in [-0.3, -0.25) is 19.2 Å². The first-order valence-corrected chi connectivity index (χ1v) is 41.8. The first-order valence-electron chi connectivity index (χ1n) is 39.1. The molecule has 0 saturated carbocycles. The second-order valence-electron chi connectivity index (χ2n) is 29.7. The van der Waals surface area contributed by atoms with Crippen molar-refractivity contribution in [3.05, 3.63) is 174 Å². The van der Waals surface area contributed by atoms with Crippen LogP contribution in [0.4, 0.5) is 48.5 Å². The van der Waals surface area contributed by atoms with Gasteiger partial charge < -0.3 is 106 Å². The van der Waals surface area contributed by atoms with Crippen LogP contribution >= 0.6 is 94.2 Å². The Hall–Kier alpha value is -9.91. The molecule has 40 heteroatoms. The van der Waals surface area contributed by atoms with Gasteiger partial charge in [-0.25, -0.2) is 33.6 Å². The number of nitrogens with one attached hydrogen (secondary N) is 7. The Bertz CT molecular complexity index is 4490. The summed E-state index contributed by atoms with van der Waals surface area (Å²) < 4.78 is 50.8. The van der Waals surface area contributed by atoms with E-state index >= 15 is 0 Å². The Balaban J connectivity index is 0.000000811. The maximum Gasteiger partial charge on any atom is 0.408 e. The lowest BCUT2D eigenvalue weighted by atomic mass is 10.1. The standard InChI is InChI=1S/C25H30Cl2N2O6.C21H22Cl2N2O4S.C20H22Cl2N2O4.C11H21NO5.C9H17NO5.ClH/c1-6-33-23(31)21(29-24(32)35-25(3,4)5)15(2)34-20(30)14-16-10-7-8-13-19(16)28-22-17(26)11-9-12-18(22)27;1-3-28-21(27)19(24-12-30)13(2)29-18(26)11-14-7-4-5-10-17(14)25-20-15(22)8-6-9-16(20)23;1-3-27-20(26)18(23)12(2)28-17(25)11-13-7-4-5-10-16(13)24-19-14(21)8-6-9-15(19)22;1-6-16-9(14)8(7(2)13)12-10(15)17-11(3,4)5;1-5(11)6(7(12)13)10-8(14)15-9(2,3)4;/h7-13,15,21,28H,6,14H2,1-5H3,(H,29,32);4-10,12-13,19,25H,3,11H2,1-2H3,(H,24,30);4-10,12,18,24H,3,11,23H2,1-2H3;7-8,13H,6H2,1-5H3,(H,12,15);5-6,11H,1-4H3,(H,10,14)(H,12,13);1H. The molecule has 0 radical (unpaired) electrons. The van der Waals surface area contributed by atoms with Gasteiger partial charge in [-0.15, -0.1) is 12.4 Å². The summed E-state index contributed by atoms with van der Waals surface area (Å²) in [6.45, 7) is 29.8. The van der Waals surface area contributed by atoms with Crippen molar-refractivity contribution in [2.75, 3.05) is 42.4 Å². The minimum absolute atomic E-state index is 0. The Kier molecular flexibility index (Phi) is 51.6. The second-order valence-corrected chi connectivity index (χ2v) is 32.4. The molecule has 6 aromatic carbocycles. The Morgan fingerprint density at radius 1 is 0.389 bits per heavy atom. The number of hydrogen-bond donors (Lipinski definition) is 11. The van der Waals surface area contributed by atoms with Crippen molar-refractivity contribution in [2.45, 2.75) is 221 Å². The number of para-hydroxylation sites is 6. The third-order valence-electron chi connectivity index (χ3n) is 15.8. The molecule has 0 saturated heterocycles. The van der Waals surface area contributed by atoms with E-state index in [1.807, 2.05) is 12.1 Å². The molecule has 0 aliphatic carbocycles. The van der Waals surface area contributed by atoms with Crippen molar-refractivity contribution in [2.24, 2.45) is 5.73 Å². The maximum atomic E-state index is 12.8. The van der Waals surface area contributed by atoms with Crippen LogP contribution in [0.2, 0.25) is 30.1 Å². The lowest BCUT2D eigenvalue weighted by Gasteiger charge is -2.26. The lowest BCUT2D eigenvalue weighted by Crippen LogP contribution is -2.51. The molecule has 0 aliphatic rings. The molecular weight excluding hydrogens is 1810 g/mol. The number of anilines is 6. The number of carboxylic acid groups (broad SMARTS) is 1. The smallest absolute Gasteiger partial charge is 0.408 e. The molecule has 10 unspecified atom stereocenters. The van der Waals surface area contributed by atoms with Crippen LogP contribution in [0.3, 0.4) is 0 Å². The zero-order valence-electron chi connectivity index (χ0n) is 73.0. The van der Waals surface area contributed by atoms with Gasteiger partial charge in [-0.2, -0.15) is 0 Å². The number of aliphatic hydroxyl groups excluding tert-OH is 2. The summed E-state index contributed by atoms with van der Waals surface area (Å²) in [5.74, 6) is -5.54. The van der Waals surface area contributed by atoms with Gasteiger partial charge in [0.1, 0.15) is 41.2 Å². The van der Waals surface area contributed by atoms with Crippen LogP contribution in [0.1, 0.15) is 141 Å². The van der Waals surface area contributed by atoms with Crippen molar-refractivity contribution < 1.29 is 115 Å². The molecule has 0 bridgehead atoms. The number of amides is 3. The number of benzene rings is 6. The van der Waals surface area contributed by atoms with Crippen LogP contribution in [0.25, 0.3) is 0 Å². The van der Waals surface area contributed by atoms with Crippen molar-refractivity contribution in [1.29, 1.82) is 0 Å². The number of carbonyl (C=O) groups is 11. The van der Waals surface area contributed by atoms with Gasteiger partial charge in [0, 0.05) is 17.1 Å². The molecule has 126 heavy (non-hydrogen) atoms. The van der Waals surface area contributed by atoms with E-state index in [2.05, 4.69) is 37.2 Å². The van der Waals surface area contributed by atoms with Gasteiger partial charge >= 0.3 is 66.0 Å². The molecule has 0 aromatic heterocycles. The zero-order chi connectivity index (χ0) is 94.8.